The minimum atomic E-state index is -0.0674. The molecule has 1 N–H and O–H groups in total. The fraction of sp³-hybridized carbons (Fsp3) is 0.158. The van der Waals surface area contributed by atoms with E-state index >= 15 is 0 Å². The van der Waals surface area contributed by atoms with Gasteiger partial charge in [0.2, 0.25) is 0 Å². The number of benzene rings is 2. The average molecular weight is 305 g/mol. The van der Waals surface area contributed by atoms with Crippen molar-refractivity contribution in [2.75, 3.05) is 0 Å². The predicted octanol–water partition coefficient (Wildman–Crippen LogP) is 3.42. The van der Waals surface area contributed by atoms with Crippen molar-refractivity contribution in [3.63, 3.8) is 0 Å². The maximum absolute atomic E-state index is 12.3. The number of carbonyl (C=O) groups is 1. The van der Waals surface area contributed by atoms with E-state index in [1.807, 2.05) is 73.1 Å². The maximum Gasteiger partial charge on any atom is 0.251 e. The highest BCUT2D eigenvalue weighted by atomic mass is 16.1. The van der Waals surface area contributed by atoms with E-state index in [9.17, 15) is 4.79 Å². The molecule has 1 aromatic heterocycles. The van der Waals surface area contributed by atoms with Gasteiger partial charge in [-0.25, -0.2) is 4.98 Å². The molecular formula is C19H19N3O. The Morgan fingerprint density at radius 3 is 2.52 bits per heavy atom. The molecule has 116 valence electrons. The fourth-order valence-corrected chi connectivity index (χ4v) is 2.51. The van der Waals surface area contributed by atoms with Gasteiger partial charge in [0.25, 0.3) is 5.91 Å². The molecule has 0 aliphatic carbocycles. The minimum absolute atomic E-state index is 0.0674. The topological polar surface area (TPSA) is 46.9 Å². The summed E-state index contributed by atoms with van der Waals surface area (Å²) in [6, 6.07) is 15.6. The lowest BCUT2D eigenvalue weighted by Crippen LogP contribution is -2.23. The molecule has 4 heteroatoms. The van der Waals surface area contributed by atoms with Crippen molar-refractivity contribution < 1.29 is 4.79 Å². The van der Waals surface area contributed by atoms with Gasteiger partial charge < -0.3 is 9.88 Å². The summed E-state index contributed by atoms with van der Waals surface area (Å²) in [7, 11) is 0. The Morgan fingerprint density at radius 1 is 1.09 bits per heavy atom. The molecule has 0 fully saturated rings. The van der Waals surface area contributed by atoms with Crippen LogP contribution in [0.5, 0.6) is 0 Å². The predicted molar refractivity (Wildman–Crippen MR) is 90.7 cm³/mol. The quantitative estimate of drug-likeness (QED) is 0.803. The number of nitrogens with one attached hydrogen (secondary N) is 1. The van der Waals surface area contributed by atoms with E-state index in [-0.39, 0.29) is 5.91 Å². The zero-order chi connectivity index (χ0) is 16.2. The number of amides is 1. The van der Waals surface area contributed by atoms with Gasteiger partial charge in [-0.3, -0.25) is 4.79 Å². The molecule has 1 amide bonds. The summed E-state index contributed by atoms with van der Waals surface area (Å²) in [6.07, 6.45) is 3.70. The third-order valence-electron chi connectivity index (χ3n) is 3.83. The molecule has 0 aliphatic heterocycles. The van der Waals surface area contributed by atoms with Crippen molar-refractivity contribution in [2.45, 2.75) is 20.4 Å². The molecule has 2 aromatic carbocycles. The molecule has 0 saturated carbocycles. The molecule has 3 aromatic rings. The Bertz CT molecular complexity index is 819. The lowest BCUT2D eigenvalue weighted by molar-refractivity contribution is 0.0951. The van der Waals surface area contributed by atoms with Crippen LogP contribution in [0.15, 0.2) is 60.9 Å². The molecule has 0 bridgehead atoms. The number of rotatable bonds is 4. The van der Waals surface area contributed by atoms with Crippen LogP contribution >= 0.6 is 0 Å². The van der Waals surface area contributed by atoms with E-state index in [2.05, 4.69) is 10.3 Å². The smallest absolute Gasteiger partial charge is 0.251 e. The van der Waals surface area contributed by atoms with E-state index in [1.54, 1.807) is 6.20 Å². The first-order chi connectivity index (χ1) is 11.1. The highest BCUT2D eigenvalue weighted by Crippen LogP contribution is 2.16. The second-order valence-electron chi connectivity index (χ2n) is 5.52. The summed E-state index contributed by atoms with van der Waals surface area (Å²) in [4.78, 5) is 16.5. The first-order valence-corrected chi connectivity index (χ1v) is 7.58. The molecule has 0 atom stereocenters. The zero-order valence-electron chi connectivity index (χ0n) is 13.3. The van der Waals surface area contributed by atoms with Gasteiger partial charge in [-0.05, 0) is 37.6 Å². The minimum Gasteiger partial charge on any atom is -0.348 e. The van der Waals surface area contributed by atoms with Crippen LogP contribution in [0, 0.1) is 13.8 Å². The van der Waals surface area contributed by atoms with Gasteiger partial charge in [0, 0.05) is 24.5 Å². The maximum atomic E-state index is 12.3. The first-order valence-electron chi connectivity index (χ1n) is 7.58. The summed E-state index contributed by atoms with van der Waals surface area (Å²) in [6.45, 7) is 4.44. The van der Waals surface area contributed by atoms with E-state index in [1.165, 1.54) is 0 Å². The number of para-hydroxylation sites is 1. The lowest BCUT2D eigenvalue weighted by atomic mass is 10.1. The van der Waals surface area contributed by atoms with Crippen LogP contribution < -0.4 is 5.32 Å². The molecule has 23 heavy (non-hydrogen) atoms. The summed E-state index contributed by atoms with van der Waals surface area (Å²) >= 11 is 0. The summed E-state index contributed by atoms with van der Waals surface area (Å²) in [5.41, 5.74) is 3.90. The largest absolute Gasteiger partial charge is 0.348 e. The van der Waals surface area contributed by atoms with Crippen LogP contribution in [0.2, 0.25) is 0 Å². The Labute approximate surface area is 135 Å². The molecule has 0 unspecified atom stereocenters. The molecular weight excluding hydrogens is 286 g/mol. The second-order valence-corrected chi connectivity index (χ2v) is 5.52. The first kappa shape index (κ1) is 15.0. The Hall–Kier alpha value is -2.88. The molecule has 0 radical (unpaired) electrons. The number of hydrogen-bond donors (Lipinski definition) is 1. The van der Waals surface area contributed by atoms with Gasteiger partial charge in [0.05, 0.1) is 5.69 Å². The number of hydrogen-bond acceptors (Lipinski definition) is 2. The Balaban J connectivity index is 1.78. The number of aromatic nitrogens is 2. The van der Waals surface area contributed by atoms with Crippen LogP contribution in [-0.4, -0.2) is 15.5 Å². The summed E-state index contributed by atoms with van der Waals surface area (Å²) in [5.74, 6) is 0.851. The van der Waals surface area contributed by atoms with Gasteiger partial charge >= 0.3 is 0 Å². The molecule has 0 aliphatic rings. The van der Waals surface area contributed by atoms with Crippen molar-refractivity contribution in [1.82, 2.24) is 14.9 Å². The van der Waals surface area contributed by atoms with Crippen LogP contribution in [0.4, 0.5) is 0 Å². The van der Waals surface area contributed by atoms with Crippen molar-refractivity contribution in [3.8, 4) is 5.69 Å². The van der Waals surface area contributed by atoms with E-state index < -0.39 is 0 Å². The van der Waals surface area contributed by atoms with E-state index in [0.717, 1.165) is 22.6 Å². The normalized spacial score (nSPS) is 10.5. The monoisotopic (exact) mass is 305 g/mol. The molecule has 1 heterocycles. The van der Waals surface area contributed by atoms with Crippen LogP contribution in [-0.2, 0) is 6.54 Å². The van der Waals surface area contributed by atoms with E-state index in [0.29, 0.717) is 12.1 Å². The van der Waals surface area contributed by atoms with E-state index in [4.69, 9.17) is 0 Å². The molecule has 0 saturated heterocycles. The van der Waals surface area contributed by atoms with Crippen LogP contribution in [0.25, 0.3) is 5.69 Å². The van der Waals surface area contributed by atoms with Crippen molar-refractivity contribution in [3.05, 3.63) is 83.4 Å². The van der Waals surface area contributed by atoms with Gasteiger partial charge in [0.1, 0.15) is 5.82 Å². The van der Waals surface area contributed by atoms with Crippen LogP contribution in [0.3, 0.4) is 0 Å². The second kappa shape index (κ2) is 6.48. The summed E-state index contributed by atoms with van der Waals surface area (Å²) in [5, 5.41) is 2.98. The van der Waals surface area contributed by atoms with Gasteiger partial charge in [-0.1, -0.05) is 35.9 Å². The number of carbonyl (C=O) groups excluding carboxylic acids is 1. The molecule has 3 rings (SSSR count). The van der Waals surface area contributed by atoms with Crippen molar-refractivity contribution in [2.24, 2.45) is 0 Å². The van der Waals surface area contributed by atoms with Gasteiger partial charge in [-0.2, -0.15) is 0 Å². The van der Waals surface area contributed by atoms with Gasteiger partial charge in [-0.15, -0.1) is 0 Å². The zero-order valence-corrected chi connectivity index (χ0v) is 13.3. The molecule has 4 nitrogen and oxygen atoms in total. The number of aryl methyl sites for hydroxylation is 2. The highest BCUT2D eigenvalue weighted by molar-refractivity contribution is 5.94. The van der Waals surface area contributed by atoms with Crippen molar-refractivity contribution >= 4 is 5.91 Å². The highest BCUT2D eigenvalue weighted by Gasteiger charge is 2.09. The third-order valence-corrected chi connectivity index (χ3v) is 3.83. The summed E-state index contributed by atoms with van der Waals surface area (Å²) < 4.78 is 2.02. The number of imidazole rings is 1. The average Bonchev–Trinajstić information content (AvgIpc) is 2.99. The van der Waals surface area contributed by atoms with Gasteiger partial charge in [0.15, 0.2) is 0 Å². The van der Waals surface area contributed by atoms with Crippen molar-refractivity contribution in [1.29, 1.82) is 0 Å². The Kier molecular flexibility index (Phi) is 4.24. The van der Waals surface area contributed by atoms with Crippen LogP contribution in [0.1, 0.15) is 27.3 Å². The number of nitrogens with zero attached hydrogens (tertiary/aromatic N) is 2. The lowest BCUT2D eigenvalue weighted by Gasteiger charge is -2.12. The SMILES string of the molecule is Cc1ccc(C(=O)NCc2ccccc2-n2ccnc2C)cc1. The Morgan fingerprint density at radius 2 is 1.83 bits per heavy atom. The third kappa shape index (κ3) is 3.31. The fourth-order valence-electron chi connectivity index (χ4n) is 2.51. The standard InChI is InChI=1S/C19H19N3O/c1-14-7-9-16(10-8-14)19(23)21-13-17-5-3-4-6-18(17)22-12-11-20-15(22)2/h3-12H,13H2,1-2H3,(H,21,23). The molecule has 0 spiro atoms.